The van der Waals surface area contributed by atoms with Crippen molar-refractivity contribution in [3.05, 3.63) is 0 Å². The number of hydrogen-bond donors (Lipinski definition) is 5. The highest BCUT2D eigenvalue weighted by atomic mass is 127. The van der Waals surface area contributed by atoms with Crippen LogP contribution in [0.5, 0.6) is 0 Å². The lowest BCUT2D eigenvalue weighted by Gasteiger charge is -2.34. The van der Waals surface area contributed by atoms with Crippen LogP contribution in [0.25, 0.3) is 0 Å². The van der Waals surface area contributed by atoms with Crippen LogP contribution in [-0.4, -0.2) is 318 Å². The number of amides is 5. The van der Waals surface area contributed by atoms with E-state index < -0.39 is 11.4 Å². The maximum atomic E-state index is 13.6. The molecule has 5 amide bonds. The minimum absolute atomic E-state index is 0.00931. The SMILES string of the molecule is COCCOCCOCCOCCNC(=O)CCOCC(COCCC(=O)NCCOCCOCCOCCOC)(COCCC(=O)NCCOCCOCCOCCOC)NC(=O)CCOCCOCCOCCOCCNC(=O)CCCC(=O)I. The molecule has 0 aliphatic carbocycles. The molecule has 0 fully saturated rings. The molecule has 30 nitrogen and oxygen atoms in total. The fourth-order valence-electron chi connectivity index (χ4n) is 6.66. The van der Waals surface area contributed by atoms with Gasteiger partial charge in [0.25, 0.3) is 0 Å². The largest absolute Gasteiger partial charge is 0.382 e. The molecule has 0 rings (SSSR count). The number of halogens is 1. The molecular weight excluding hydrogens is 1270 g/mol. The summed E-state index contributed by atoms with van der Waals surface area (Å²) in [5.41, 5.74) is -1.34. The summed E-state index contributed by atoms with van der Waals surface area (Å²) >= 11 is 1.72. The monoisotopic (exact) mass is 1380 g/mol. The minimum Gasteiger partial charge on any atom is -0.382 e. The van der Waals surface area contributed by atoms with E-state index in [-0.39, 0.29) is 152 Å². The molecule has 0 aromatic heterocycles. The number of nitrogens with one attached hydrogen (secondary N) is 5. The summed E-state index contributed by atoms with van der Waals surface area (Å²) in [6, 6.07) is 0. The lowest BCUT2D eigenvalue weighted by Crippen LogP contribution is -2.59. The standard InChI is InChI=1S/C56H106IN5O25/c1-69-23-26-77-39-42-81-35-31-74-20-12-59-52(65)7-16-85-47-56(48-86-17-8-53(66)60-13-21-75-32-36-82-43-40-78-27-24-70-2,49-87-18-9-54(67)61-14-22-76-33-37-83-44-41-79-28-25-71-3)62-55(68)10-15-72-29-34-80-45-46-84-38-30-73-19-11-58-51(64)6-4-5-50(57)63/h4-49H2,1-3H3,(H,58,64)(H,59,65)(H,60,66)(H,61,67)(H,62,68). The first-order valence-electron chi connectivity index (χ1n) is 29.8. The predicted molar refractivity (Wildman–Crippen MR) is 323 cm³/mol. The molecule has 0 aliphatic rings. The van der Waals surface area contributed by atoms with Crippen molar-refractivity contribution in [2.45, 2.75) is 50.5 Å². The molecule has 0 saturated heterocycles. The molecule has 0 spiro atoms. The van der Waals surface area contributed by atoms with Gasteiger partial charge in [-0.05, 0) is 29.0 Å². The second-order valence-electron chi connectivity index (χ2n) is 18.5. The molecule has 0 bridgehead atoms. The fourth-order valence-corrected chi connectivity index (χ4v) is 7.04. The number of rotatable bonds is 71. The van der Waals surface area contributed by atoms with Gasteiger partial charge in [-0.1, -0.05) is 0 Å². The quantitative estimate of drug-likeness (QED) is 0.0283. The minimum atomic E-state index is -1.34. The second kappa shape index (κ2) is 67.4. The first-order chi connectivity index (χ1) is 42.6. The van der Waals surface area contributed by atoms with Crippen LogP contribution >= 0.6 is 22.6 Å². The van der Waals surface area contributed by atoms with Gasteiger partial charge in [-0.3, -0.25) is 28.8 Å². The molecule has 31 heteroatoms. The van der Waals surface area contributed by atoms with Crippen LogP contribution in [0.15, 0.2) is 0 Å². The van der Waals surface area contributed by atoms with Crippen molar-refractivity contribution in [1.82, 2.24) is 26.6 Å². The smallest absolute Gasteiger partial charge is 0.222 e. The van der Waals surface area contributed by atoms with E-state index in [4.69, 9.17) is 90.0 Å². The van der Waals surface area contributed by atoms with Crippen LogP contribution in [-0.2, 0) is 119 Å². The maximum Gasteiger partial charge on any atom is 0.222 e. The molecule has 5 N–H and O–H groups in total. The van der Waals surface area contributed by atoms with Crippen molar-refractivity contribution in [3.8, 4) is 0 Å². The molecule has 0 aliphatic heterocycles. The summed E-state index contributed by atoms with van der Waals surface area (Å²) in [6.07, 6.45) is 1.09. The average Bonchev–Trinajstić information content (AvgIpc) is 3.37. The highest BCUT2D eigenvalue weighted by molar-refractivity contribution is 14.1. The molecular formula is C56H106IN5O25. The van der Waals surface area contributed by atoms with Gasteiger partial charge >= 0.3 is 0 Å². The van der Waals surface area contributed by atoms with Gasteiger partial charge in [0.2, 0.25) is 29.5 Å². The van der Waals surface area contributed by atoms with Crippen LogP contribution < -0.4 is 26.6 Å². The Labute approximate surface area is 528 Å². The molecule has 0 saturated carbocycles. The highest BCUT2D eigenvalue weighted by Gasteiger charge is 2.34. The van der Waals surface area contributed by atoms with Crippen molar-refractivity contribution in [3.63, 3.8) is 0 Å². The Bertz CT molecular complexity index is 1490. The van der Waals surface area contributed by atoms with Crippen LogP contribution in [0.1, 0.15) is 44.9 Å². The van der Waals surface area contributed by atoms with E-state index >= 15 is 0 Å². The van der Waals surface area contributed by atoms with Crippen LogP contribution in [0, 0.1) is 0 Å². The Morgan fingerprint density at radius 2 is 0.483 bits per heavy atom. The van der Waals surface area contributed by atoms with Gasteiger partial charge in [0.1, 0.15) is 5.54 Å². The Morgan fingerprint density at radius 3 is 0.747 bits per heavy atom. The summed E-state index contributed by atoms with van der Waals surface area (Å²) in [6.45, 7) is 11.3. The number of ether oxygens (including phenoxy) is 19. The van der Waals surface area contributed by atoms with E-state index in [1.807, 2.05) is 0 Å². The zero-order chi connectivity index (χ0) is 63.5. The molecule has 0 aromatic rings. The zero-order valence-electron chi connectivity index (χ0n) is 52.1. The number of hydrogen-bond acceptors (Lipinski definition) is 25. The van der Waals surface area contributed by atoms with E-state index in [2.05, 4.69) is 26.6 Å². The third kappa shape index (κ3) is 64.3. The van der Waals surface area contributed by atoms with Gasteiger partial charge in [0, 0.05) is 86.0 Å². The van der Waals surface area contributed by atoms with Crippen LogP contribution in [0.2, 0.25) is 0 Å². The normalized spacial score (nSPS) is 11.5. The van der Waals surface area contributed by atoms with Gasteiger partial charge in [-0.2, -0.15) is 0 Å². The van der Waals surface area contributed by atoms with Crippen LogP contribution in [0.3, 0.4) is 0 Å². The van der Waals surface area contributed by atoms with Gasteiger partial charge in [0.15, 0.2) is 3.79 Å². The lowest BCUT2D eigenvalue weighted by molar-refractivity contribution is -0.131. The van der Waals surface area contributed by atoms with Gasteiger partial charge in [0.05, 0.1) is 231 Å². The fraction of sp³-hybridized carbons (Fsp3) is 0.893. The molecule has 0 unspecified atom stereocenters. The molecule has 87 heavy (non-hydrogen) atoms. The highest BCUT2D eigenvalue weighted by Crippen LogP contribution is 2.12. The molecule has 512 valence electrons. The average molecular weight is 1380 g/mol. The molecule has 0 aromatic carbocycles. The van der Waals surface area contributed by atoms with E-state index in [1.165, 1.54) is 0 Å². The topological polar surface area (TPSA) is 338 Å². The first kappa shape index (κ1) is 84.0. The van der Waals surface area contributed by atoms with Crippen molar-refractivity contribution in [1.29, 1.82) is 0 Å². The summed E-state index contributed by atoms with van der Waals surface area (Å²) in [7, 11) is 4.81. The third-order valence-corrected chi connectivity index (χ3v) is 11.7. The van der Waals surface area contributed by atoms with Crippen LogP contribution in [0.4, 0.5) is 0 Å². The van der Waals surface area contributed by atoms with Crippen molar-refractivity contribution >= 4 is 55.9 Å². The predicted octanol–water partition coefficient (Wildman–Crippen LogP) is -0.797. The number of carbonyl (C=O) groups excluding carboxylic acids is 6. The first-order valence-corrected chi connectivity index (χ1v) is 30.9. The third-order valence-electron chi connectivity index (χ3n) is 11.1. The zero-order valence-corrected chi connectivity index (χ0v) is 54.3. The molecule has 0 heterocycles. The lowest BCUT2D eigenvalue weighted by atomic mass is 10.0. The van der Waals surface area contributed by atoms with Crippen molar-refractivity contribution in [2.75, 3.05) is 279 Å². The van der Waals surface area contributed by atoms with Gasteiger partial charge in [-0.15, -0.1) is 0 Å². The van der Waals surface area contributed by atoms with E-state index in [0.717, 1.165) is 0 Å². The summed E-state index contributed by atoms with van der Waals surface area (Å²) < 4.78 is 104. The number of carbonyl (C=O) groups is 6. The summed E-state index contributed by atoms with van der Waals surface area (Å²) in [5.74, 6) is -1.40. The Kier molecular flexibility index (Phi) is 65.1. The summed E-state index contributed by atoms with van der Waals surface area (Å²) in [5, 5.41) is 14.1. The Morgan fingerprint density at radius 1 is 0.264 bits per heavy atom. The molecule has 0 radical (unpaired) electrons. The van der Waals surface area contributed by atoms with E-state index in [9.17, 15) is 28.8 Å². The van der Waals surface area contributed by atoms with E-state index in [0.29, 0.717) is 178 Å². The maximum absolute atomic E-state index is 13.6. The Balaban J connectivity index is 5.36. The molecule has 0 atom stereocenters. The Hall–Kier alpha value is -3.01. The summed E-state index contributed by atoms with van der Waals surface area (Å²) in [4.78, 5) is 74.7. The van der Waals surface area contributed by atoms with Crippen molar-refractivity contribution in [2.24, 2.45) is 0 Å². The van der Waals surface area contributed by atoms with Crippen molar-refractivity contribution < 1.29 is 119 Å². The number of methoxy groups -OCH3 is 3. The van der Waals surface area contributed by atoms with Gasteiger partial charge in [-0.25, -0.2) is 0 Å². The second-order valence-corrected chi connectivity index (χ2v) is 19.7. The van der Waals surface area contributed by atoms with Gasteiger partial charge < -0.3 is 117 Å². The van der Waals surface area contributed by atoms with E-state index in [1.54, 1.807) is 43.9 Å².